The number of rotatable bonds is 3. The molecule has 0 aromatic carbocycles. The smallest absolute Gasteiger partial charge is 0.259 e. The first-order chi connectivity index (χ1) is 11.3. The van der Waals surface area contributed by atoms with E-state index in [0.29, 0.717) is 0 Å². The van der Waals surface area contributed by atoms with Crippen molar-refractivity contribution in [1.29, 1.82) is 0 Å². The van der Waals surface area contributed by atoms with E-state index in [-0.39, 0.29) is 42.2 Å². The van der Waals surface area contributed by atoms with Gasteiger partial charge >= 0.3 is 0 Å². The molecule has 1 aromatic rings. The summed E-state index contributed by atoms with van der Waals surface area (Å²) in [6.45, 7) is 4.21. The molecule has 0 N–H and O–H groups in total. The zero-order valence-corrected chi connectivity index (χ0v) is 13.6. The van der Waals surface area contributed by atoms with Gasteiger partial charge in [0.2, 0.25) is 0 Å². The van der Waals surface area contributed by atoms with Gasteiger partial charge in [-0.25, -0.2) is 0 Å². The largest absolute Gasteiger partial charge is 0.268 e. The molecule has 5 heterocycles. The highest BCUT2D eigenvalue weighted by Gasteiger charge is 2.81. The van der Waals surface area contributed by atoms with Gasteiger partial charge in [-0.2, -0.15) is 0 Å². The molecule has 4 aliphatic heterocycles. The Balaban J connectivity index is 1.86. The number of hydrogen-bond donors (Lipinski definition) is 0. The monoisotopic (exact) mass is 333 g/mol. The highest BCUT2D eigenvalue weighted by atomic mass is 16.6. The Morgan fingerprint density at radius 2 is 1.54 bits per heavy atom. The predicted molar refractivity (Wildman–Crippen MR) is 83.4 cm³/mol. The van der Waals surface area contributed by atoms with Crippen LogP contribution in [0, 0.1) is 25.6 Å². The van der Waals surface area contributed by atoms with Gasteiger partial charge in [0.1, 0.15) is 11.6 Å². The molecule has 0 saturated carbocycles. The van der Waals surface area contributed by atoms with E-state index in [1.54, 1.807) is 20.0 Å². The van der Waals surface area contributed by atoms with Crippen molar-refractivity contribution in [3.8, 4) is 0 Å². The average Bonchev–Trinajstić information content (AvgIpc) is 2.51. The van der Waals surface area contributed by atoms with Crippen LogP contribution >= 0.6 is 0 Å². The lowest BCUT2D eigenvalue weighted by Gasteiger charge is -2.65. The molecule has 0 unspecified atom stereocenters. The van der Waals surface area contributed by atoms with Crippen LogP contribution < -0.4 is 0 Å². The Labute approximate surface area is 138 Å². The van der Waals surface area contributed by atoms with Crippen molar-refractivity contribution in [1.82, 2.24) is 14.8 Å². The lowest BCUT2D eigenvalue weighted by atomic mass is 9.53. The van der Waals surface area contributed by atoms with Crippen molar-refractivity contribution < 1.29 is 9.85 Å². The highest BCUT2D eigenvalue weighted by Crippen LogP contribution is 2.58. The summed E-state index contributed by atoms with van der Waals surface area (Å²) in [5.41, 5.74) is -2.94. The van der Waals surface area contributed by atoms with Crippen LogP contribution in [-0.4, -0.2) is 61.9 Å². The Morgan fingerprint density at radius 1 is 1.04 bits per heavy atom. The van der Waals surface area contributed by atoms with Crippen LogP contribution in [0.25, 0.3) is 0 Å². The summed E-state index contributed by atoms with van der Waals surface area (Å²) in [5, 5.41) is 24.0. The number of nitro groups is 2. The SMILES string of the molecule is CC1(C)C2([N+](=O)[O-])CN3CC1([N+](=O)[O-])CN(C2)C3c1ccccn1. The molecular formula is C15H19N5O4. The minimum absolute atomic E-state index is 0.209. The summed E-state index contributed by atoms with van der Waals surface area (Å²) in [4.78, 5) is 31.5. The van der Waals surface area contributed by atoms with Gasteiger partial charge in [-0.05, 0) is 26.0 Å². The standard InChI is InChI=1S/C15H19N5O4/c1-13(2)14(19(21)22)7-17-9-15(13,20(23)24)10-18(8-14)12(17)11-5-3-4-6-16-11/h3-6,12H,7-10H2,1-2H3. The van der Waals surface area contributed by atoms with Crippen LogP contribution in [0.1, 0.15) is 25.7 Å². The van der Waals surface area contributed by atoms with E-state index in [0.717, 1.165) is 5.69 Å². The first-order valence-electron chi connectivity index (χ1n) is 7.93. The van der Waals surface area contributed by atoms with E-state index in [9.17, 15) is 20.2 Å². The predicted octanol–water partition coefficient (Wildman–Crippen LogP) is 0.782. The molecule has 4 aliphatic rings. The van der Waals surface area contributed by atoms with Gasteiger partial charge in [0.05, 0.1) is 31.9 Å². The summed E-state index contributed by atoms with van der Waals surface area (Å²) in [5.74, 6) is 0. The molecule has 0 aliphatic carbocycles. The molecule has 5 rings (SSSR count). The maximum atomic E-state index is 12.0. The maximum Gasteiger partial charge on any atom is 0.259 e. The molecule has 128 valence electrons. The molecule has 0 amide bonds. The molecule has 0 spiro atoms. The number of aromatic nitrogens is 1. The van der Waals surface area contributed by atoms with E-state index in [1.165, 1.54) is 0 Å². The molecule has 0 atom stereocenters. The number of pyridine rings is 1. The molecule has 0 radical (unpaired) electrons. The lowest BCUT2D eigenvalue weighted by molar-refractivity contribution is -0.679. The Bertz CT molecular complexity index is 670. The van der Waals surface area contributed by atoms with Crippen molar-refractivity contribution in [3.05, 3.63) is 50.3 Å². The maximum absolute atomic E-state index is 12.0. The van der Waals surface area contributed by atoms with E-state index >= 15 is 0 Å². The number of nitrogens with zero attached hydrogens (tertiary/aromatic N) is 5. The van der Waals surface area contributed by atoms with Gasteiger partial charge < -0.3 is 0 Å². The Hall–Kier alpha value is -2.13. The van der Waals surface area contributed by atoms with Gasteiger partial charge in [-0.1, -0.05) is 6.07 Å². The third kappa shape index (κ3) is 1.54. The third-order valence-electron chi connectivity index (χ3n) is 6.53. The second-order valence-electron chi connectivity index (χ2n) is 7.64. The Morgan fingerprint density at radius 3 is 1.92 bits per heavy atom. The van der Waals surface area contributed by atoms with Crippen molar-refractivity contribution in [2.75, 3.05) is 26.2 Å². The first-order valence-corrected chi connectivity index (χ1v) is 7.93. The summed E-state index contributed by atoms with van der Waals surface area (Å²) < 4.78 is 0. The van der Waals surface area contributed by atoms with Gasteiger partial charge in [0.15, 0.2) is 0 Å². The normalized spacial score (nSPS) is 42.0. The topological polar surface area (TPSA) is 106 Å². The van der Waals surface area contributed by atoms with E-state index in [4.69, 9.17) is 0 Å². The van der Waals surface area contributed by atoms with Crippen LogP contribution in [0.2, 0.25) is 0 Å². The van der Waals surface area contributed by atoms with E-state index in [2.05, 4.69) is 4.98 Å². The zero-order valence-electron chi connectivity index (χ0n) is 13.6. The van der Waals surface area contributed by atoms with Crippen molar-refractivity contribution >= 4 is 0 Å². The van der Waals surface area contributed by atoms with Crippen LogP contribution in [0.3, 0.4) is 0 Å². The highest BCUT2D eigenvalue weighted by molar-refractivity contribution is 5.25. The average molecular weight is 333 g/mol. The quantitative estimate of drug-likeness (QED) is 0.594. The first kappa shape index (κ1) is 15.4. The molecular weight excluding hydrogens is 314 g/mol. The van der Waals surface area contributed by atoms with Crippen LogP contribution in [0.15, 0.2) is 24.4 Å². The minimum atomic E-state index is -1.35. The van der Waals surface area contributed by atoms with Gasteiger partial charge in [-0.15, -0.1) is 0 Å². The second-order valence-corrected chi connectivity index (χ2v) is 7.64. The lowest BCUT2D eigenvalue weighted by Crippen LogP contribution is -2.88. The summed E-state index contributed by atoms with van der Waals surface area (Å²) in [6, 6.07) is 5.55. The van der Waals surface area contributed by atoms with Crippen molar-refractivity contribution in [3.63, 3.8) is 0 Å². The molecule has 4 bridgehead atoms. The summed E-state index contributed by atoms with van der Waals surface area (Å²) in [6.07, 6.45) is 1.45. The third-order valence-corrected chi connectivity index (χ3v) is 6.53. The summed E-state index contributed by atoms with van der Waals surface area (Å²) >= 11 is 0. The van der Waals surface area contributed by atoms with Crippen LogP contribution in [0.4, 0.5) is 0 Å². The molecule has 4 fully saturated rings. The zero-order chi connectivity index (χ0) is 17.3. The van der Waals surface area contributed by atoms with E-state index in [1.807, 2.05) is 28.0 Å². The van der Waals surface area contributed by atoms with Gasteiger partial charge in [-0.3, -0.25) is 35.0 Å². The number of piperidine rings is 2. The summed E-state index contributed by atoms with van der Waals surface area (Å²) in [7, 11) is 0. The van der Waals surface area contributed by atoms with Crippen molar-refractivity contribution in [2.24, 2.45) is 5.41 Å². The van der Waals surface area contributed by atoms with Crippen LogP contribution in [0.5, 0.6) is 0 Å². The Kier molecular flexibility index (Phi) is 2.88. The van der Waals surface area contributed by atoms with Gasteiger partial charge in [0.25, 0.3) is 11.1 Å². The molecule has 24 heavy (non-hydrogen) atoms. The molecule has 4 saturated heterocycles. The molecule has 9 nitrogen and oxygen atoms in total. The number of hydrogen-bond acceptors (Lipinski definition) is 7. The minimum Gasteiger partial charge on any atom is -0.268 e. The van der Waals surface area contributed by atoms with Crippen LogP contribution in [-0.2, 0) is 0 Å². The molecule has 1 aromatic heterocycles. The van der Waals surface area contributed by atoms with Crippen molar-refractivity contribution in [2.45, 2.75) is 31.1 Å². The second kappa shape index (κ2) is 4.48. The van der Waals surface area contributed by atoms with Gasteiger partial charge in [0, 0.05) is 16.0 Å². The fourth-order valence-corrected chi connectivity index (χ4v) is 4.95. The fraction of sp³-hybridized carbons (Fsp3) is 0.667. The fourth-order valence-electron chi connectivity index (χ4n) is 4.95. The van der Waals surface area contributed by atoms with E-state index < -0.39 is 16.5 Å². The molecule has 9 heteroatoms.